The van der Waals surface area contributed by atoms with Gasteiger partial charge in [0.05, 0.1) is 9.79 Å². The van der Waals surface area contributed by atoms with Crippen molar-refractivity contribution in [3.05, 3.63) is 24.3 Å². The van der Waals surface area contributed by atoms with Crippen LogP contribution in [0.1, 0.15) is 6.92 Å². The molecule has 21 heavy (non-hydrogen) atoms. The number of hydrogen-bond acceptors (Lipinski definition) is 5. The number of rotatable bonds is 3. The second-order valence-corrected chi connectivity index (χ2v) is 8.92. The van der Waals surface area contributed by atoms with Gasteiger partial charge in [-0.05, 0) is 31.2 Å². The van der Waals surface area contributed by atoms with Gasteiger partial charge >= 0.3 is 0 Å². The summed E-state index contributed by atoms with van der Waals surface area (Å²) in [4.78, 5) is 0.240. The largest absolute Gasteiger partial charge is 0.312 e. The molecule has 1 aliphatic rings. The molecule has 1 heterocycles. The van der Waals surface area contributed by atoms with Gasteiger partial charge in [-0.1, -0.05) is 0 Å². The number of hydrogen-bond donors (Lipinski definition) is 1. The monoisotopic (exact) mass is 354 g/mol. The van der Waals surface area contributed by atoms with Gasteiger partial charge in [0, 0.05) is 31.9 Å². The average molecular weight is 355 g/mol. The Morgan fingerprint density at radius 3 is 2.10 bits per heavy atom. The van der Waals surface area contributed by atoms with E-state index >= 15 is 0 Å². The molecule has 0 saturated carbocycles. The lowest BCUT2D eigenvalue weighted by atomic mass is 10.3. The van der Waals surface area contributed by atoms with E-state index in [1.54, 1.807) is 0 Å². The van der Waals surface area contributed by atoms with Crippen LogP contribution in [0.4, 0.5) is 0 Å². The molecule has 2 rings (SSSR count). The van der Waals surface area contributed by atoms with Crippen molar-refractivity contribution in [2.45, 2.75) is 22.8 Å². The lowest BCUT2D eigenvalue weighted by Gasteiger charge is -2.31. The zero-order chi connectivity index (χ0) is 15.0. The molecule has 6 nitrogen and oxygen atoms in total. The van der Waals surface area contributed by atoms with E-state index in [0.717, 1.165) is 6.26 Å². The van der Waals surface area contributed by atoms with Crippen LogP contribution in [0.25, 0.3) is 0 Å². The van der Waals surface area contributed by atoms with E-state index in [2.05, 4.69) is 5.32 Å². The number of halogens is 1. The summed E-state index contributed by atoms with van der Waals surface area (Å²) in [6, 6.07) is 5.45. The van der Waals surface area contributed by atoms with E-state index in [1.807, 2.05) is 6.92 Å². The third-order valence-corrected chi connectivity index (χ3v) is 6.23. The van der Waals surface area contributed by atoms with Crippen LogP contribution >= 0.6 is 12.4 Å². The summed E-state index contributed by atoms with van der Waals surface area (Å²) in [7, 11) is -6.88. The molecule has 1 aromatic carbocycles. The van der Waals surface area contributed by atoms with Crippen molar-refractivity contribution in [1.29, 1.82) is 0 Å². The van der Waals surface area contributed by atoms with Gasteiger partial charge in [0.15, 0.2) is 9.84 Å². The van der Waals surface area contributed by atoms with Crippen LogP contribution in [0.2, 0.25) is 0 Å². The van der Waals surface area contributed by atoms with E-state index in [9.17, 15) is 16.8 Å². The maximum atomic E-state index is 12.4. The average Bonchev–Trinajstić information content (AvgIpc) is 2.38. The minimum atomic E-state index is -3.56. The Bertz CT molecular complexity index is 686. The Balaban J connectivity index is 0.00000220. The summed E-state index contributed by atoms with van der Waals surface area (Å²) >= 11 is 0. The molecule has 1 unspecified atom stereocenters. The standard InChI is InChI=1S/C12H18N2O4S2.ClH/c1-10-9-14(8-7-13-10)20(17,18)12-5-3-11(4-6-12)19(2,15)16;/h3-6,10,13H,7-9H2,1-2H3;1H. The molecule has 0 bridgehead atoms. The first-order chi connectivity index (χ1) is 9.21. The van der Waals surface area contributed by atoms with Gasteiger partial charge in [-0.25, -0.2) is 16.8 Å². The Morgan fingerprint density at radius 1 is 1.10 bits per heavy atom. The fourth-order valence-corrected chi connectivity index (χ4v) is 4.28. The molecule has 0 amide bonds. The highest BCUT2D eigenvalue weighted by Gasteiger charge is 2.28. The predicted molar refractivity (Wildman–Crippen MR) is 83.0 cm³/mol. The van der Waals surface area contributed by atoms with E-state index < -0.39 is 19.9 Å². The number of nitrogens with zero attached hydrogens (tertiary/aromatic N) is 1. The highest BCUT2D eigenvalue weighted by atomic mass is 35.5. The maximum Gasteiger partial charge on any atom is 0.243 e. The number of nitrogens with one attached hydrogen (secondary N) is 1. The Hall–Kier alpha value is -0.670. The third kappa shape index (κ3) is 4.17. The molecule has 0 aliphatic carbocycles. The van der Waals surface area contributed by atoms with E-state index in [4.69, 9.17) is 0 Å². The quantitative estimate of drug-likeness (QED) is 0.854. The number of sulfonamides is 1. The zero-order valence-electron chi connectivity index (χ0n) is 11.8. The molecular formula is C12H19ClN2O4S2. The second-order valence-electron chi connectivity index (χ2n) is 4.96. The fraction of sp³-hybridized carbons (Fsp3) is 0.500. The SMILES string of the molecule is CC1CN(S(=O)(=O)c2ccc(S(C)(=O)=O)cc2)CCN1.Cl. The normalized spacial score (nSPS) is 20.8. The van der Waals surface area contributed by atoms with Gasteiger partial charge in [-0.3, -0.25) is 0 Å². The predicted octanol–water partition coefficient (Wildman–Crippen LogP) is 0.494. The Morgan fingerprint density at radius 2 is 1.62 bits per heavy atom. The van der Waals surface area contributed by atoms with Gasteiger partial charge in [-0.2, -0.15) is 4.31 Å². The van der Waals surface area contributed by atoms with E-state index in [-0.39, 0.29) is 28.2 Å². The molecule has 1 fully saturated rings. The summed E-state index contributed by atoms with van der Waals surface area (Å²) in [5.74, 6) is 0. The molecule has 1 aliphatic heterocycles. The Labute approximate surface area is 131 Å². The van der Waals surface area contributed by atoms with Crippen LogP contribution in [-0.4, -0.2) is 53.1 Å². The smallest absolute Gasteiger partial charge is 0.243 e. The molecule has 1 N–H and O–H groups in total. The van der Waals surface area contributed by atoms with Gasteiger partial charge in [0.25, 0.3) is 0 Å². The van der Waals surface area contributed by atoms with Crippen molar-refractivity contribution in [3.8, 4) is 0 Å². The van der Waals surface area contributed by atoms with Gasteiger partial charge < -0.3 is 5.32 Å². The van der Waals surface area contributed by atoms with Crippen LogP contribution in [0, 0.1) is 0 Å². The van der Waals surface area contributed by atoms with Crippen molar-refractivity contribution in [2.75, 3.05) is 25.9 Å². The Kier molecular flexibility index (Phi) is 5.79. The van der Waals surface area contributed by atoms with Crippen molar-refractivity contribution in [2.24, 2.45) is 0 Å². The van der Waals surface area contributed by atoms with Crippen LogP contribution < -0.4 is 5.32 Å². The van der Waals surface area contributed by atoms with E-state index in [0.29, 0.717) is 19.6 Å². The van der Waals surface area contributed by atoms with Gasteiger partial charge in [0.2, 0.25) is 10.0 Å². The first kappa shape index (κ1) is 18.4. The summed E-state index contributed by atoms with van der Waals surface area (Å²) in [5, 5.41) is 3.18. The molecule has 1 aromatic rings. The summed E-state index contributed by atoms with van der Waals surface area (Å²) in [5.41, 5.74) is 0. The van der Waals surface area contributed by atoms with Crippen molar-refractivity contribution in [1.82, 2.24) is 9.62 Å². The second kappa shape index (κ2) is 6.62. The molecule has 0 spiro atoms. The molecule has 120 valence electrons. The molecule has 1 saturated heterocycles. The summed E-state index contributed by atoms with van der Waals surface area (Å²) in [6.07, 6.45) is 1.09. The molecule has 1 atom stereocenters. The maximum absolute atomic E-state index is 12.4. The fourth-order valence-electron chi connectivity index (χ4n) is 2.12. The van der Waals surface area contributed by atoms with Gasteiger partial charge in [0.1, 0.15) is 0 Å². The molecule has 0 radical (unpaired) electrons. The first-order valence-corrected chi connectivity index (χ1v) is 9.58. The minimum Gasteiger partial charge on any atom is -0.312 e. The molecular weight excluding hydrogens is 336 g/mol. The molecule has 9 heteroatoms. The van der Waals surface area contributed by atoms with Crippen LogP contribution in [0.3, 0.4) is 0 Å². The van der Waals surface area contributed by atoms with Crippen LogP contribution in [0.5, 0.6) is 0 Å². The molecule has 0 aromatic heterocycles. The first-order valence-electron chi connectivity index (χ1n) is 6.25. The summed E-state index contributed by atoms with van der Waals surface area (Å²) < 4.78 is 49.0. The zero-order valence-corrected chi connectivity index (χ0v) is 14.3. The van der Waals surface area contributed by atoms with Crippen LogP contribution in [-0.2, 0) is 19.9 Å². The third-order valence-electron chi connectivity index (χ3n) is 3.22. The lowest BCUT2D eigenvalue weighted by Crippen LogP contribution is -2.51. The lowest BCUT2D eigenvalue weighted by molar-refractivity contribution is 0.310. The van der Waals surface area contributed by atoms with Crippen LogP contribution in [0.15, 0.2) is 34.1 Å². The number of piperazine rings is 1. The van der Waals surface area contributed by atoms with Crippen molar-refractivity contribution in [3.63, 3.8) is 0 Å². The number of benzene rings is 1. The number of sulfone groups is 1. The highest BCUT2D eigenvalue weighted by molar-refractivity contribution is 7.90. The topological polar surface area (TPSA) is 83.6 Å². The van der Waals surface area contributed by atoms with Crippen molar-refractivity contribution >= 4 is 32.3 Å². The minimum absolute atomic E-state index is 0. The van der Waals surface area contributed by atoms with Crippen molar-refractivity contribution < 1.29 is 16.8 Å². The van der Waals surface area contributed by atoms with Gasteiger partial charge in [-0.15, -0.1) is 12.4 Å². The highest BCUT2D eigenvalue weighted by Crippen LogP contribution is 2.19. The summed E-state index contributed by atoms with van der Waals surface area (Å²) in [6.45, 7) is 3.37. The van der Waals surface area contributed by atoms with E-state index in [1.165, 1.54) is 28.6 Å².